The third-order valence-electron chi connectivity index (χ3n) is 10.7. The molecule has 0 saturated carbocycles. The van der Waals surface area contributed by atoms with E-state index in [1.807, 2.05) is 25.7 Å². The molecule has 288 valence electrons. The first-order valence-corrected chi connectivity index (χ1v) is 18.2. The molecular weight excluding hydrogens is 724 g/mol. The zero-order chi connectivity index (χ0) is 37.9. The second kappa shape index (κ2) is 14.2. The summed E-state index contributed by atoms with van der Waals surface area (Å²) in [5, 5.41) is 9.44. The van der Waals surface area contributed by atoms with Gasteiger partial charge in [0.15, 0.2) is 12.6 Å². The number of halogens is 5. The van der Waals surface area contributed by atoms with Crippen LogP contribution in [0.1, 0.15) is 64.9 Å². The summed E-state index contributed by atoms with van der Waals surface area (Å²) in [4.78, 5) is 32.6. The van der Waals surface area contributed by atoms with E-state index in [0.717, 1.165) is 57.2 Å². The van der Waals surface area contributed by atoms with E-state index in [2.05, 4.69) is 14.9 Å². The molecule has 1 aromatic carbocycles. The highest BCUT2D eigenvalue weighted by Crippen LogP contribution is 2.46. The maximum absolute atomic E-state index is 16.9. The van der Waals surface area contributed by atoms with Crippen molar-refractivity contribution in [3.05, 3.63) is 34.7 Å². The van der Waals surface area contributed by atoms with Crippen molar-refractivity contribution in [1.82, 2.24) is 24.8 Å². The van der Waals surface area contributed by atoms with Crippen molar-refractivity contribution in [3.8, 4) is 23.0 Å². The third-order valence-corrected chi connectivity index (χ3v) is 11.0. The highest BCUT2D eigenvalue weighted by molar-refractivity contribution is 6.32. The number of anilines is 1. The first-order chi connectivity index (χ1) is 25.1. The number of benzene rings is 1. The Hall–Kier alpha value is -3.73. The van der Waals surface area contributed by atoms with Crippen molar-refractivity contribution in [1.29, 1.82) is 0 Å². The van der Waals surface area contributed by atoms with E-state index in [-0.39, 0.29) is 72.2 Å². The van der Waals surface area contributed by atoms with Crippen molar-refractivity contribution in [2.24, 2.45) is 0 Å². The lowest BCUT2D eigenvalue weighted by Gasteiger charge is -2.42. The lowest BCUT2D eigenvalue weighted by Crippen LogP contribution is -2.57. The maximum atomic E-state index is 16.9. The van der Waals surface area contributed by atoms with Gasteiger partial charge in [0.25, 0.3) is 0 Å². The van der Waals surface area contributed by atoms with E-state index in [1.165, 1.54) is 13.3 Å². The molecule has 0 radical (unpaired) electrons. The molecule has 53 heavy (non-hydrogen) atoms. The lowest BCUT2D eigenvalue weighted by molar-refractivity contribution is -0.137. The average Bonchev–Trinajstić information content (AvgIpc) is 3.74. The highest BCUT2D eigenvalue weighted by Gasteiger charge is 2.50. The molecular formula is C36H43ClF4N6O6. The molecule has 3 aromatic rings. The highest BCUT2D eigenvalue weighted by atomic mass is 35.5. The Balaban J connectivity index is 1.31. The maximum Gasteiger partial charge on any atom is 0.418 e. The van der Waals surface area contributed by atoms with Crippen LogP contribution in [0.5, 0.6) is 11.8 Å². The van der Waals surface area contributed by atoms with Gasteiger partial charge in [-0.2, -0.15) is 23.1 Å². The number of fused-ring (bicyclic) bond motifs is 4. The number of carbonyl (C=O) groups is 1. The van der Waals surface area contributed by atoms with E-state index in [0.29, 0.717) is 13.1 Å². The van der Waals surface area contributed by atoms with Gasteiger partial charge in [-0.15, -0.1) is 0 Å². The van der Waals surface area contributed by atoms with Gasteiger partial charge in [-0.25, -0.2) is 9.18 Å². The van der Waals surface area contributed by atoms with E-state index < -0.39 is 45.5 Å². The van der Waals surface area contributed by atoms with Crippen molar-refractivity contribution >= 4 is 34.4 Å². The Morgan fingerprint density at radius 1 is 1.08 bits per heavy atom. The fourth-order valence-electron chi connectivity index (χ4n) is 8.48. The number of alkyl halides is 3. The van der Waals surface area contributed by atoms with Gasteiger partial charge in [-0.05, 0) is 78.0 Å². The van der Waals surface area contributed by atoms with Crippen LogP contribution >= 0.6 is 11.6 Å². The van der Waals surface area contributed by atoms with Crippen LogP contribution in [-0.4, -0.2) is 112 Å². The molecule has 2 aromatic heterocycles. The second-order valence-corrected chi connectivity index (χ2v) is 15.7. The van der Waals surface area contributed by atoms with Gasteiger partial charge in [0.05, 0.1) is 40.2 Å². The Morgan fingerprint density at radius 2 is 1.81 bits per heavy atom. The molecule has 2 unspecified atom stereocenters. The quantitative estimate of drug-likeness (QED) is 0.191. The number of carbonyl (C=O) groups excluding carboxylic acids is 1. The summed E-state index contributed by atoms with van der Waals surface area (Å²) < 4.78 is 82.5. The first kappa shape index (κ1) is 37.6. The van der Waals surface area contributed by atoms with Crippen LogP contribution < -0.4 is 14.4 Å². The molecule has 4 aliphatic heterocycles. The lowest BCUT2D eigenvalue weighted by atomic mass is 9.95. The average molecular weight is 767 g/mol. The van der Waals surface area contributed by atoms with Crippen LogP contribution in [0, 0.1) is 5.82 Å². The zero-order valence-corrected chi connectivity index (χ0v) is 30.8. The van der Waals surface area contributed by atoms with Crippen LogP contribution in [0.4, 0.5) is 28.2 Å². The molecule has 1 amide bonds. The van der Waals surface area contributed by atoms with Gasteiger partial charge in [-0.3, -0.25) is 14.8 Å². The van der Waals surface area contributed by atoms with Crippen molar-refractivity contribution < 1.29 is 46.4 Å². The molecule has 17 heteroatoms. The number of aliphatic hydroxyl groups excluding tert-OH is 1. The number of amides is 1. The Kier molecular flexibility index (Phi) is 10.0. The SMILES string of the molecule is COCOc1cc(Cl)c(C(F)(F)F)c(-c2ncc3c(N4CC5CCC(C4)N5C(=O)OC(C)(C)C)nc(OC[C@]45CCCN4[C@H](CO)CC5)nc3c2F)c1. The molecule has 4 saturated heterocycles. The summed E-state index contributed by atoms with van der Waals surface area (Å²) in [5.41, 5.74) is -3.88. The van der Waals surface area contributed by atoms with Gasteiger partial charge >= 0.3 is 18.3 Å². The van der Waals surface area contributed by atoms with Gasteiger partial charge in [-0.1, -0.05) is 11.6 Å². The number of hydrogen-bond donors (Lipinski definition) is 1. The Bertz CT molecular complexity index is 1870. The standard InChI is InChI=1S/C36H43ClF4N6O6/c1-34(2,3)53-33(49)47-20-6-7-21(47)16-45(15-20)31-25-14-42-29(24-12-23(52-19-50-4)13-26(37)27(24)36(39,40)41)28(38)30(25)43-32(44-31)51-18-35-9-5-11-46(35)22(17-48)8-10-35/h12-14,20-22,48H,5-11,15-19H2,1-4H3/t20?,21?,22-,35+/m0/s1. The second-order valence-electron chi connectivity index (χ2n) is 15.3. The first-order valence-electron chi connectivity index (χ1n) is 17.8. The molecule has 12 nitrogen and oxygen atoms in total. The summed E-state index contributed by atoms with van der Waals surface area (Å²) in [6, 6.07) is 1.42. The monoisotopic (exact) mass is 766 g/mol. The van der Waals surface area contributed by atoms with Gasteiger partial charge in [0.1, 0.15) is 35.0 Å². The number of ether oxygens (including phenoxy) is 4. The van der Waals surface area contributed by atoms with Crippen LogP contribution in [0.15, 0.2) is 18.3 Å². The van der Waals surface area contributed by atoms with Crippen molar-refractivity contribution in [2.45, 2.75) is 94.7 Å². The molecule has 4 fully saturated rings. The summed E-state index contributed by atoms with van der Waals surface area (Å²) >= 11 is 6.14. The zero-order valence-electron chi connectivity index (χ0n) is 30.0. The minimum absolute atomic E-state index is 0.00953. The van der Waals surface area contributed by atoms with Gasteiger partial charge in [0, 0.05) is 38.0 Å². The number of piperazine rings is 1. The number of aliphatic hydroxyl groups is 1. The summed E-state index contributed by atoms with van der Waals surface area (Å²) in [7, 11) is 1.35. The molecule has 4 aliphatic rings. The van der Waals surface area contributed by atoms with E-state index in [1.54, 1.807) is 4.90 Å². The molecule has 6 heterocycles. The number of rotatable bonds is 9. The normalized spacial score (nSPS) is 24.6. The van der Waals surface area contributed by atoms with Crippen LogP contribution in [0.2, 0.25) is 5.02 Å². The van der Waals surface area contributed by atoms with Crippen LogP contribution in [0.25, 0.3) is 22.2 Å². The molecule has 2 bridgehead atoms. The fourth-order valence-corrected chi connectivity index (χ4v) is 8.79. The van der Waals surface area contributed by atoms with Crippen LogP contribution in [-0.2, 0) is 15.7 Å². The molecule has 4 atom stereocenters. The topological polar surface area (TPSA) is 123 Å². The predicted molar refractivity (Wildman–Crippen MR) is 187 cm³/mol. The molecule has 0 spiro atoms. The van der Waals surface area contributed by atoms with Gasteiger partial charge in [0.2, 0.25) is 0 Å². The van der Waals surface area contributed by atoms with Crippen molar-refractivity contribution in [2.75, 3.05) is 51.7 Å². The number of hydrogen-bond acceptors (Lipinski definition) is 11. The third kappa shape index (κ3) is 7.14. The summed E-state index contributed by atoms with van der Waals surface area (Å²) in [5.74, 6) is -0.918. The summed E-state index contributed by atoms with van der Waals surface area (Å²) in [6.45, 7) is 6.83. The van der Waals surface area contributed by atoms with E-state index in [9.17, 15) is 23.1 Å². The predicted octanol–water partition coefficient (Wildman–Crippen LogP) is 6.44. The number of aromatic nitrogens is 3. The summed E-state index contributed by atoms with van der Waals surface area (Å²) in [6.07, 6.45) is 0.675. The van der Waals surface area contributed by atoms with Crippen molar-refractivity contribution in [3.63, 3.8) is 0 Å². The smallest absolute Gasteiger partial charge is 0.418 e. The molecule has 7 rings (SSSR count). The minimum atomic E-state index is -4.96. The minimum Gasteiger partial charge on any atom is -0.467 e. The molecule has 0 aliphatic carbocycles. The largest absolute Gasteiger partial charge is 0.467 e. The van der Waals surface area contributed by atoms with E-state index >= 15 is 4.39 Å². The number of methoxy groups -OCH3 is 1. The molecule has 1 N–H and O–H groups in total. The Morgan fingerprint density at radius 3 is 2.47 bits per heavy atom. The Labute approximate surface area is 309 Å². The van der Waals surface area contributed by atoms with Gasteiger partial charge < -0.3 is 29.0 Å². The van der Waals surface area contributed by atoms with Crippen LogP contribution in [0.3, 0.4) is 0 Å². The van der Waals surface area contributed by atoms with E-state index in [4.69, 9.17) is 35.5 Å². The number of nitrogens with zero attached hydrogens (tertiary/aromatic N) is 6. The fraction of sp³-hybridized carbons (Fsp3) is 0.611. The number of pyridine rings is 1.